The fourth-order valence-corrected chi connectivity index (χ4v) is 5.49. The van der Waals surface area contributed by atoms with Crippen molar-refractivity contribution < 1.29 is 22.8 Å². The van der Waals surface area contributed by atoms with E-state index in [9.17, 15) is 22.8 Å². The normalized spacial score (nSPS) is 15.6. The summed E-state index contributed by atoms with van der Waals surface area (Å²) in [5.74, 6) is -1.56. The lowest BCUT2D eigenvalue weighted by molar-refractivity contribution is -0.134. The molecule has 0 radical (unpaired) electrons. The van der Waals surface area contributed by atoms with Crippen LogP contribution in [0.1, 0.15) is 66.4 Å². The SMILES string of the molecule is CCCCCc1ccc(C(=O)Nc2cccc(S(=O)(=O)Nc3cccc(C4CCC(=O)NC4=O)c3)c2)cc1. The van der Waals surface area contributed by atoms with Crippen LogP contribution < -0.4 is 15.4 Å². The monoisotopic (exact) mass is 533 g/mol. The van der Waals surface area contributed by atoms with Crippen LogP contribution in [-0.2, 0) is 26.0 Å². The molecular weight excluding hydrogens is 502 g/mol. The zero-order valence-electron chi connectivity index (χ0n) is 21.2. The van der Waals surface area contributed by atoms with Crippen molar-refractivity contribution in [3.63, 3.8) is 0 Å². The molecule has 0 spiro atoms. The third-order valence-corrected chi connectivity index (χ3v) is 7.85. The van der Waals surface area contributed by atoms with E-state index >= 15 is 0 Å². The first-order valence-corrected chi connectivity index (χ1v) is 14.2. The lowest BCUT2D eigenvalue weighted by Gasteiger charge is -2.21. The van der Waals surface area contributed by atoms with E-state index in [1.807, 2.05) is 12.1 Å². The van der Waals surface area contributed by atoms with E-state index in [0.717, 1.165) is 19.3 Å². The average molecular weight is 534 g/mol. The number of carbonyl (C=O) groups excluding carboxylic acids is 3. The smallest absolute Gasteiger partial charge is 0.261 e. The zero-order valence-corrected chi connectivity index (χ0v) is 22.0. The molecule has 0 saturated carbocycles. The minimum Gasteiger partial charge on any atom is -0.322 e. The van der Waals surface area contributed by atoms with E-state index in [1.165, 1.54) is 24.1 Å². The Morgan fingerprint density at radius 3 is 2.42 bits per heavy atom. The number of hydrogen-bond donors (Lipinski definition) is 3. The van der Waals surface area contributed by atoms with Crippen LogP contribution in [-0.4, -0.2) is 26.1 Å². The Bertz CT molecular complexity index is 1430. The van der Waals surface area contributed by atoms with Gasteiger partial charge in [-0.3, -0.25) is 24.4 Å². The lowest BCUT2D eigenvalue weighted by atomic mass is 9.90. The molecular formula is C29H31N3O5S. The lowest BCUT2D eigenvalue weighted by Crippen LogP contribution is -2.39. The van der Waals surface area contributed by atoms with Gasteiger partial charge in [0.25, 0.3) is 15.9 Å². The predicted molar refractivity (Wildman–Crippen MR) is 146 cm³/mol. The molecule has 0 aromatic heterocycles. The number of aryl methyl sites for hydroxylation is 1. The van der Waals surface area contributed by atoms with Gasteiger partial charge in [-0.15, -0.1) is 0 Å². The molecule has 1 aliphatic rings. The number of piperidine rings is 1. The van der Waals surface area contributed by atoms with E-state index in [2.05, 4.69) is 22.3 Å². The molecule has 4 rings (SSSR count). The number of unbranched alkanes of at least 4 members (excludes halogenated alkanes) is 2. The predicted octanol–water partition coefficient (Wildman–Crippen LogP) is 4.99. The Balaban J connectivity index is 1.43. The van der Waals surface area contributed by atoms with Gasteiger partial charge in [0.1, 0.15) is 0 Å². The summed E-state index contributed by atoms with van der Waals surface area (Å²) in [6.07, 6.45) is 5.00. The van der Waals surface area contributed by atoms with Crippen molar-refractivity contribution in [2.45, 2.75) is 56.3 Å². The summed E-state index contributed by atoms with van der Waals surface area (Å²) >= 11 is 0. The fraction of sp³-hybridized carbons (Fsp3) is 0.276. The number of hydrogen-bond acceptors (Lipinski definition) is 5. The molecule has 1 aliphatic heterocycles. The quantitative estimate of drug-likeness (QED) is 0.250. The summed E-state index contributed by atoms with van der Waals surface area (Å²) in [5, 5.41) is 5.08. The average Bonchev–Trinajstić information content (AvgIpc) is 2.89. The first-order valence-electron chi connectivity index (χ1n) is 12.7. The van der Waals surface area contributed by atoms with Crippen LogP contribution in [0.3, 0.4) is 0 Å². The molecule has 9 heteroatoms. The van der Waals surface area contributed by atoms with Gasteiger partial charge in [-0.2, -0.15) is 0 Å². The molecule has 1 heterocycles. The van der Waals surface area contributed by atoms with Crippen molar-refractivity contribution in [2.24, 2.45) is 0 Å². The maximum Gasteiger partial charge on any atom is 0.261 e. The van der Waals surface area contributed by atoms with Crippen molar-refractivity contribution in [3.05, 3.63) is 89.5 Å². The van der Waals surface area contributed by atoms with Gasteiger partial charge in [0.15, 0.2) is 0 Å². The second kappa shape index (κ2) is 12.0. The Morgan fingerprint density at radius 2 is 1.68 bits per heavy atom. The molecule has 3 aromatic rings. The number of amides is 3. The van der Waals surface area contributed by atoms with E-state index in [4.69, 9.17) is 0 Å². The van der Waals surface area contributed by atoms with Gasteiger partial charge >= 0.3 is 0 Å². The van der Waals surface area contributed by atoms with Gasteiger partial charge in [-0.25, -0.2) is 8.42 Å². The molecule has 38 heavy (non-hydrogen) atoms. The number of carbonyl (C=O) groups is 3. The van der Waals surface area contributed by atoms with Crippen LogP contribution in [0.15, 0.2) is 77.7 Å². The van der Waals surface area contributed by atoms with Crippen LogP contribution >= 0.6 is 0 Å². The van der Waals surface area contributed by atoms with Gasteiger partial charge in [-0.05, 0) is 72.9 Å². The molecule has 198 valence electrons. The Morgan fingerprint density at radius 1 is 0.947 bits per heavy atom. The van der Waals surface area contributed by atoms with E-state index in [0.29, 0.717) is 28.9 Å². The minimum absolute atomic E-state index is 0.0204. The molecule has 0 bridgehead atoms. The Hall–Kier alpha value is -3.98. The highest BCUT2D eigenvalue weighted by atomic mass is 32.2. The van der Waals surface area contributed by atoms with Gasteiger partial charge in [0.05, 0.1) is 10.8 Å². The summed E-state index contributed by atoms with van der Waals surface area (Å²) in [7, 11) is -3.98. The standard InChI is InChI=1S/C29H31N3O5S/c1-2-3-4-7-20-12-14-21(15-13-20)28(34)30-23-9-6-11-25(19-23)38(36,37)32-24-10-5-8-22(18-24)26-16-17-27(33)31-29(26)35/h5-6,8-15,18-19,26,32H,2-4,7,16-17H2,1H3,(H,30,34)(H,31,33,35). The van der Waals surface area contributed by atoms with Crippen LogP contribution in [0, 0.1) is 0 Å². The van der Waals surface area contributed by atoms with Crippen molar-refractivity contribution in [2.75, 3.05) is 10.0 Å². The molecule has 3 amide bonds. The third kappa shape index (κ3) is 6.86. The van der Waals surface area contributed by atoms with Crippen molar-refractivity contribution in [1.82, 2.24) is 5.32 Å². The molecule has 3 N–H and O–H groups in total. The molecule has 3 aromatic carbocycles. The summed E-state index contributed by atoms with van der Waals surface area (Å²) in [6.45, 7) is 2.16. The molecule has 8 nitrogen and oxygen atoms in total. The molecule has 0 aliphatic carbocycles. The van der Waals surface area contributed by atoms with Gasteiger partial charge in [0, 0.05) is 23.4 Å². The van der Waals surface area contributed by atoms with E-state index in [1.54, 1.807) is 48.5 Å². The Kier molecular flexibility index (Phi) is 8.58. The summed E-state index contributed by atoms with van der Waals surface area (Å²) in [4.78, 5) is 36.4. The van der Waals surface area contributed by atoms with E-state index in [-0.39, 0.29) is 23.1 Å². The largest absolute Gasteiger partial charge is 0.322 e. The second-order valence-electron chi connectivity index (χ2n) is 9.37. The van der Waals surface area contributed by atoms with E-state index < -0.39 is 21.8 Å². The molecule has 1 fully saturated rings. The maximum absolute atomic E-state index is 13.1. The van der Waals surface area contributed by atoms with Crippen LogP contribution in [0.5, 0.6) is 0 Å². The number of imide groups is 1. The first-order chi connectivity index (χ1) is 18.2. The van der Waals surface area contributed by atoms with Crippen LogP contribution in [0.4, 0.5) is 11.4 Å². The minimum atomic E-state index is -3.98. The highest BCUT2D eigenvalue weighted by Crippen LogP contribution is 2.28. The third-order valence-electron chi connectivity index (χ3n) is 6.47. The molecule has 1 unspecified atom stereocenters. The maximum atomic E-state index is 13.1. The van der Waals surface area contributed by atoms with Crippen molar-refractivity contribution in [1.29, 1.82) is 0 Å². The number of anilines is 2. The number of benzene rings is 3. The highest BCUT2D eigenvalue weighted by Gasteiger charge is 2.28. The van der Waals surface area contributed by atoms with Crippen LogP contribution in [0.2, 0.25) is 0 Å². The first kappa shape index (κ1) is 27.1. The van der Waals surface area contributed by atoms with Gasteiger partial charge in [0.2, 0.25) is 11.8 Å². The second-order valence-corrected chi connectivity index (χ2v) is 11.1. The zero-order chi connectivity index (χ0) is 27.1. The van der Waals surface area contributed by atoms with Crippen LogP contribution in [0.25, 0.3) is 0 Å². The van der Waals surface area contributed by atoms with Crippen molar-refractivity contribution in [3.8, 4) is 0 Å². The van der Waals surface area contributed by atoms with Crippen molar-refractivity contribution >= 4 is 39.1 Å². The summed E-state index contributed by atoms with van der Waals surface area (Å²) < 4.78 is 28.7. The molecule has 1 atom stereocenters. The number of sulfonamides is 1. The topological polar surface area (TPSA) is 121 Å². The van der Waals surface area contributed by atoms with Gasteiger partial charge < -0.3 is 5.32 Å². The number of nitrogens with one attached hydrogen (secondary N) is 3. The van der Waals surface area contributed by atoms with Gasteiger partial charge in [-0.1, -0.05) is 50.1 Å². The summed E-state index contributed by atoms with van der Waals surface area (Å²) in [5.41, 5.74) is 2.92. The fourth-order valence-electron chi connectivity index (χ4n) is 4.39. The molecule has 1 saturated heterocycles. The highest BCUT2D eigenvalue weighted by molar-refractivity contribution is 7.92. The Labute approximate surface area is 222 Å². The summed E-state index contributed by atoms with van der Waals surface area (Å²) in [6, 6.07) is 20.0. The number of rotatable bonds is 10.